The minimum Gasteiger partial charge on any atom is -0.431 e. The summed E-state index contributed by atoms with van der Waals surface area (Å²) in [6, 6.07) is 0. The maximum Gasteiger partial charge on any atom is 0.508 e. The second-order valence-electron chi connectivity index (χ2n) is 14.8. The molecule has 0 aromatic rings. The van der Waals surface area contributed by atoms with Crippen molar-refractivity contribution in [3.63, 3.8) is 0 Å². The normalized spacial score (nSPS) is 12.8. The van der Waals surface area contributed by atoms with Crippen molar-refractivity contribution in [3.05, 3.63) is 0 Å². The van der Waals surface area contributed by atoms with Crippen LogP contribution in [0.3, 0.4) is 0 Å². The molecular weight excluding hydrogens is 564 g/mol. The van der Waals surface area contributed by atoms with Crippen LogP contribution in [0.15, 0.2) is 0 Å². The third kappa shape index (κ3) is 34.6. The monoisotopic (exact) mass is 651 g/mol. The van der Waals surface area contributed by atoms with Crippen molar-refractivity contribution in [2.24, 2.45) is 0 Å². The van der Waals surface area contributed by atoms with Crippen LogP contribution < -0.4 is 0 Å². The van der Waals surface area contributed by atoms with Gasteiger partial charge in [0.25, 0.3) is 0 Å². The smallest absolute Gasteiger partial charge is 0.431 e. The second kappa shape index (κ2) is 38.7. The van der Waals surface area contributed by atoms with E-state index in [9.17, 15) is 4.79 Å². The number of unbranched alkanes of at least 4 members (excludes halogenated alkanes) is 28. The van der Waals surface area contributed by atoms with E-state index in [2.05, 4.69) is 27.7 Å². The lowest BCUT2D eigenvalue weighted by molar-refractivity contribution is -0.0121. The van der Waals surface area contributed by atoms with Crippen LogP contribution in [0.1, 0.15) is 259 Å². The van der Waals surface area contributed by atoms with E-state index in [1.807, 2.05) is 0 Å². The first-order valence-electron chi connectivity index (χ1n) is 21.5. The van der Waals surface area contributed by atoms with Gasteiger partial charge in [-0.05, 0) is 51.4 Å². The first kappa shape index (κ1) is 45.3. The summed E-state index contributed by atoms with van der Waals surface area (Å²) in [5.74, 6) is 0. The molecular formula is C43H86O3. The molecule has 0 heterocycles. The van der Waals surface area contributed by atoms with E-state index in [1.54, 1.807) is 0 Å². The van der Waals surface area contributed by atoms with Crippen molar-refractivity contribution in [2.45, 2.75) is 271 Å². The van der Waals surface area contributed by atoms with E-state index >= 15 is 0 Å². The van der Waals surface area contributed by atoms with Crippen molar-refractivity contribution in [1.29, 1.82) is 0 Å². The number of carbonyl (C=O) groups is 1. The maximum atomic E-state index is 13.1. The highest BCUT2D eigenvalue weighted by molar-refractivity contribution is 5.60. The lowest BCUT2D eigenvalue weighted by Gasteiger charge is -2.22. The van der Waals surface area contributed by atoms with E-state index in [0.29, 0.717) is 0 Å². The first-order valence-corrected chi connectivity index (χ1v) is 21.5. The molecule has 0 aromatic heterocycles. The zero-order valence-electron chi connectivity index (χ0n) is 32.3. The number of hydrogen-bond donors (Lipinski definition) is 0. The van der Waals surface area contributed by atoms with Gasteiger partial charge in [-0.3, -0.25) is 0 Å². The summed E-state index contributed by atoms with van der Waals surface area (Å²) >= 11 is 0. The van der Waals surface area contributed by atoms with Gasteiger partial charge in [-0.15, -0.1) is 0 Å². The fraction of sp³-hybridized carbons (Fsp3) is 0.977. The molecule has 3 heteroatoms. The minimum absolute atomic E-state index is 0.0275. The Morgan fingerprint density at radius 3 is 0.674 bits per heavy atom. The van der Waals surface area contributed by atoms with E-state index in [1.165, 1.54) is 205 Å². The molecule has 0 N–H and O–H groups in total. The topological polar surface area (TPSA) is 35.5 Å². The predicted octanol–water partition coefficient (Wildman–Crippen LogP) is 16.0. The minimum atomic E-state index is -0.383. The van der Waals surface area contributed by atoms with Gasteiger partial charge in [-0.25, -0.2) is 4.79 Å². The number of ether oxygens (including phenoxy) is 2. The molecule has 0 aromatic carbocycles. The second-order valence-corrected chi connectivity index (χ2v) is 14.8. The molecule has 3 nitrogen and oxygen atoms in total. The van der Waals surface area contributed by atoms with Gasteiger partial charge >= 0.3 is 6.16 Å². The van der Waals surface area contributed by atoms with Crippen LogP contribution in [0.25, 0.3) is 0 Å². The summed E-state index contributed by atoms with van der Waals surface area (Å²) < 4.78 is 12.2. The molecule has 0 spiro atoms. The van der Waals surface area contributed by atoms with Gasteiger partial charge < -0.3 is 9.47 Å². The van der Waals surface area contributed by atoms with Crippen LogP contribution >= 0.6 is 0 Å². The molecule has 0 radical (unpaired) electrons. The molecule has 0 rings (SSSR count). The molecule has 46 heavy (non-hydrogen) atoms. The molecule has 0 fully saturated rings. The predicted molar refractivity (Wildman–Crippen MR) is 204 cm³/mol. The van der Waals surface area contributed by atoms with Crippen molar-refractivity contribution >= 4 is 6.16 Å². The Hall–Kier alpha value is -0.730. The standard InChI is InChI=1S/C43H86O3/c1-5-9-13-17-21-23-25-27-31-35-39-41(37-33-29-19-15-11-7-3)45-43(44)46-42(38-34-30-20-16-12-8-4)40-36-32-28-26-24-22-18-14-10-6-2/h41-42H,5-40H2,1-4H3. The summed E-state index contributed by atoms with van der Waals surface area (Å²) in [6.07, 6.45) is 45.9. The van der Waals surface area contributed by atoms with Gasteiger partial charge in [-0.2, -0.15) is 0 Å². The van der Waals surface area contributed by atoms with Gasteiger partial charge in [-0.1, -0.05) is 207 Å². The van der Waals surface area contributed by atoms with Crippen molar-refractivity contribution in [1.82, 2.24) is 0 Å². The Bertz CT molecular complexity index is 528. The molecule has 0 amide bonds. The highest BCUT2D eigenvalue weighted by Gasteiger charge is 2.20. The molecule has 2 unspecified atom stereocenters. The molecule has 0 aliphatic heterocycles. The molecule has 0 aliphatic rings. The van der Waals surface area contributed by atoms with Gasteiger partial charge in [0.15, 0.2) is 0 Å². The van der Waals surface area contributed by atoms with Crippen molar-refractivity contribution in [2.75, 3.05) is 0 Å². The van der Waals surface area contributed by atoms with Gasteiger partial charge in [0.2, 0.25) is 0 Å². The van der Waals surface area contributed by atoms with Crippen molar-refractivity contribution < 1.29 is 14.3 Å². The van der Waals surface area contributed by atoms with E-state index in [-0.39, 0.29) is 18.4 Å². The van der Waals surface area contributed by atoms with Gasteiger partial charge in [0.1, 0.15) is 12.2 Å². The van der Waals surface area contributed by atoms with Crippen LogP contribution in [-0.2, 0) is 9.47 Å². The number of carbonyl (C=O) groups excluding carboxylic acids is 1. The molecule has 0 aliphatic carbocycles. The Balaban J connectivity index is 4.64. The third-order valence-corrected chi connectivity index (χ3v) is 10.0. The first-order chi connectivity index (χ1) is 22.7. The zero-order valence-corrected chi connectivity index (χ0v) is 32.3. The van der Waals surface area contributed by atoms with Crippen molar-refractivity contribution in [3.8, 4) is 0 Å². The summed E-state index contributed by atoms with van der Waals surface area (Å²) in [5.41, 5.74) is 0. The van der Waals surface area contributed by atoms with Crippen LogP contribution in [-0.4, -0.2) is 18.4 Å². The summed E-state index contributed by atoms with van der Waals surface area (Å²) in [5, 5.41) is 0. The van der Waals surface area contributed by atoms with Crippen LogP contribution in [0.2, 0.25) is 0 Å². The number of rotatable bonds is 38. The Morgan fingerprint density at radius 2 is 0.478 bits per heavy atom. The summed E-state index contributed by atoms with van der Waals surface area (Å²) in [7, 11) is 0. The Labute approximate surface area is 290 Å². The molecule has 0 saturated heterocycles. The Kier molecular flexibility index (Phi) is 38.1. The fourth-order valence-corrected chi connectivity index (χ4v) is 6.85. The number of hydrogen-bond acceptors (Lipinski definition) is 3. The van der Waals surface area contributed by atoms with E-state index in [4.69, 9.17) is 9.47 Å². The molecule has 276 valence electrons. The SMILES string of the molecule is CCCCCCCCCCCCC(CCCCCCCC)OC(=O)OC(CCCCCCCC)CCCCCCCCCCCC. The highest BCUT2D eigenvalue weighted by Crippen LogP contribution is 2.21. The van der Waals surface area contributed by atoms with E-state index in [0.717, 1.165) is 25.7 Å². The lowest BCUT2D eigenvalue weighted by Crippen LogP contribution is -2.24. The average Bonchev–Trinajstić information content (AvgIpc) is 3.05. The zero-order chi connectivity index (χ0) is 33.6. The fourth-order valence-electron chi connectivity index (χ4n) is 6.85. The quantitative estimate of drug-likeness (QED) is 0.0493. The van der Waals surface area contributed by atoms with E-state index < -0.39 is 0 Å². The summed E-state index contributed by atoms with van der Waals surface area (Å²) in [4.78, 5) is 13.1. The molecule has 0 bridgehead atoms. The maximum absolute atomic E-state index is 13.1. The van der Waals surface area contributed by atoms with Gasteiger partial charge in [0, 0.05) is 0 Å². The average molecular weight is 651 g/mol. The summed E-state index contributed by atoms with van der Waals surface area (Å²) in [6.45, 7) is 9.13. The van der Waals surface area contributed by atoms with Crippen LogP contribution in [0, 0.1) is 0 Å². The Morgan fingerprint density at radius 1 is 0.304 bits per heavy atom. The largest absolute Gasteiger partial charge is 0.508 e. The molecule has 2 atom stereocenters. The van der Waals surface area contributed by atoms with Crippen LogP contribution in [0.4, 0.5) is 4.79 Å². The van der Waals surface area contributed by atoms with Gasteiger partial charge in [0.05, 0.1) is 0 Å². The third-order valence-electron chi connectivity index (χ3n) is 10.0. The molecule has 0 saturated carbocycles. The van der Waals surface area contributed by atoms with Crippen LogP contribution in [0.5, 0.6) is 0 Å². The highest BCUT2D eigenvalue weighted by atomic mass is 16.7. The lowest BCUT2D eigenvalue weighted by atomic mass is 10.0.